The molecule has 0 atom stereocenters. The van der Waals surface area contributed by atoms with Crippen LogP contribution in [0.4, 0.5) is 0 Å². The van der Waals surface area contributed by atoms with E-state index in [4.69, 9.17) is 0 Å². The maximum Gasteiger partial charge on any atom is 0.175 e. The normalized spacial score (nSPS) is 17.9. The molecule has 0 spiro atoms. The van der Waals surface area contributed by atoms with Crippen LogP contribution >= 0.6 is 0 Å². The quantitative estimate of drug-likeness (QED) is 0.631. The molecular weight excluding hydrogens is 260 g/mol. The minimum absolute atomic E-state index is 0.117. The lowest BCUT2D eigenvalue weighted by Crippen LogP contribution is -2.14. The van der Waals surface area contributed by atoms with Crippen LogP contribution in [0.5, 0.6) is 0 Å². The van der Waals surface area contributed by atoms with E-state index in [1.165, 1.54) is 31.2 Å². The van der Waals surface area contributed by atoms with E-state index >= 15 is 0 Å². The summed E-state index contributed by atoms with van der Waals surface area (Å²) in [4.78, 5) is 12.6. The first kappa shape index (κ1) is 14.3. The van der Waals surface area contributed by atoms with Gasteiger partial charge in [0.15, 0.2) is 15.6 Å². The molecule has 0 N–H and O–H groups in total. The number of rotatable bonds is 3. The van der Waals surface area contributed by atoms with Crippen LogP contribution in [-0.4, -0.2) is 20.5 Å². The Morgan fingerprint density at radius 3 is 2.00 bits per heavy atom. The van der Waals surface area contributed by atoms with E-state index in [0.717, 1.165) is 25.7 Å². The summed E-state index contributed by atoms with van der Waals surface area (Å²) in [5.41, 5.74) is 0.638. The van der Waals surface area contributed by atoms with Gasteiger partial charge in [0.1, 0.15) is 0 Å². The fraction of sp³-hybridized carbons (Fsp3) is 0.533. The van der Waals surface area contributed by atoms with Crippen molar-refractivity contribution >= 4 is 15.6 Å². The number of carbonyl (C=O) groups excluding carboxylic acids is 1. The summed E-state index contributed by atoms with van der Waals surface area (Å²) in [5.74, 6) is 0.286. The van der Waals surface area contributed by atoms with Gasteiger partial charge in [-0.1, -0.05) is 37.8 Å². The first-order valence-corrected chi connectivity index (χ1v) is 8.72. The molecule has 0 heterocycles. The van der Waals surface area contributed by atoms with E-state index in [2.05, 4.69) is 0 Å². The van der Waals surface area contributed by atoms with Gasteiger partial charge < -0.3 is 0 Å². The predicted molar refractivity (Wildman–Crippen MR) is 75.1 cm³/mol. The average molecular weight is 280 g/mol. The van der Waals surface area contributed by atoms with Crippen molar-refractivity contribution in [3.8, 4) is 0 Å². The lowest BCUT2D eigenvalue weighted by molar-refractivity contribution is 0.0908. The highest BCUT2D eigenvalue weighted by molar-refractivity contribution is 7.90. The fourth-order valence-electron chi connectivity index (χ4n) is 2.64. The van der Waals surface area contributed by atoms with Crippen LogP contribution in [0.15, 0.2) is 29.2 Å². The van der Waals surface area contributed by atoms with Gasteiger partial charge in [0.05, 0.1) is 4.90 Å². The molecule has 1 aliphatic rings. The minimum atomic E-state index is -3.19. The molecule has 0 aliphatic heterocycles. The van der Waals surface area contributed by atoms with Crippen LogP contribution < -0.4 is 0 Å². The lowest BCUT2D eigenvalue weighted by Gasteiger charge is -2.12. The highest BCUT2D eigenvalue weighted by Crippen LogP contribution is 2.26. The molecule has 2 rings (SSSR count). The van der Waals surface area contributed by atoms with Gasteiger partial charge in [0.25, 0.3) is 0 Å². The molecule has 0 radical (unpaired) electrons. The third-order valence-corrected chi connectivity index (χ3v) is 4.92. The van der Waals surface area contributed by atoms with Crippen molar-refractivity contribution in [2.45, 2.75) is 43.4 Å². The fourth-order valence-corrected chi connectivity index (χ4v) is 3.27. The van der Waals surface area contributed by atoms with Crippen LogP contribution in [0.3, 0.4) is 0 Å². The number of Topliss-reactive ketones (excluding diaryl/α,β-unsaturated/α-hetero) is 1. The Morgan fingerprint density at radius 2 is 1.53 bits per heavy atom. The van der Waals surface area contributed by atoms with Crippen molar-refractivity contribution in [1.29, 1.82) is 0 Å². The number of carbonyl (C=O) groups is 1. The molecule has 1 saturated carbocycles. The van der Waals surface area contributed by atoms with Crippen LogP contribution in [0, 0.1) is 5.92 Å². The first-order valence-electron chi connectivity index (χ1n) is 6.83. The van der Waals surface area contributed by atoms with Gasteiger partial charge in [0.2, 0.25) is 0 Å². The Hall–Kier alpha value is -1.16. The molecule has 0 aromatic heterocycles. The van der Waals surface area contributed by atoms with Gasteiger partial charge in [-0.3, -0.25) is 4.79 Å². The first-order chi connectivity index (χ1) is 8.98. The Kier molecular flexibility index (Phi) is 4.40. The molecule has 1 aromatic carbocycles. The number of benzene rings is 1. The zero-order valence-corrected chi connectivity index (χ0v) is 12.1. The second-order valence-corrected chi connectivity index (χ2v) is 7.37. The van der Waals surface area contributed by atoms with E-state index in [1.54, 1.807) is 12.1 Å². The number of ketones is 1. The van der Waals surface area contributed by atoms with Crippen molar-refractivity contribution in [1.82, 2.24) is 0 Å². The summed E-state index contributed by atoms with van der Waals surface area (Å²) in [6.45, 7) is 0. The summed E-state index contributed by atoms with van der Waals surface area (Å²) < 4.78 is 22.8. The standard InChI is InChI=1S/C15H20O3S/c1-19(17,18)14-10-8-13(9-11-14)15(16)12-6-4-2-3-5-7-12/h8-12H,2-7H2,1H3. The molecular formula is C15H20O3S. The second kappa shape index (κ2) is 5.87. The largest absolute Gasteiger partial charge is 0.294 e. The number of hydrogen-bond donors (Lipinski definition) is 0. The van der Waals surface area contributed by atoms with E-state index in [1.807, 2.05) is 0 Å². The van der Waals surface area contributed by atoms with E-state index in [0.29, 0.717) is 5.56 Å². The molecule has 4 heteroatoms. The Morgan fingerprint density at radius 1 is 1.00 bits per heavy atom. The third kappa shape index (κ3) is 3.66. The average Bonchev–Trinajstić information content (AvgIpc) is 2.66. The zero-order chi connectivity index (χ0) is 13.9. The molecule has 0 amide bonds. The Bertz CT molecular complexity index is 535. The topological polar surface area (TPSA) is 51.2 Å². The van der Waals surface area contributed by atoms with Crippen LogP contribution in [0.1, 0.15) is 48.9 Å². The van der Waals surface area contributed by atoms with Crippen molar-refractivity contribution in [2.75, 3.05) is 6.26 Å². The van der Waals surface area contributed by atoms with Crippen molar-refractivity contribution < 1.29 is 13.2 Å². The Balaban J connectivity index is 2.15. The molecule has 3 nitrogen and oxygen atoms in total. The highest BCUT2D eigenvalue weighted by atomic mass is 32.2. The van der Waals surface area contributed by atoms with Crippen LogP contribution in [0.2, 0.25) is 0 Å². The molecule has 0 saturated heterocycles. The van der Waals surface area contributed by atoms with Crippen LogP contribution in [0.25, 0.3) is 0 Å². The maximum atomic E-state index is 12.4. The summed E-state index contributed by atoms with van der Waals surface area (Å²) >= 11 is 0. The molecule has 0 unspecified atom stereocenters. The molecule has 19 heavy (non-hydrogen) atoms. The number of sulfone groups is 1. The minimum Gasteiger partial charge on any atom is -0.294 e. The van der Waals surface area contributed by atoms with E-state index in [9.17, 15) is 13.2 Å². The van der Waals surface area contributed by atoms with E-state index < -0.39 is 9.84 Å². The van der Waals surface area contributed by atoms with Crippen molar-refractivity contribution in [3.63, 3.8) is 0 Å². The Labute approximate surface area is 114 Å². The summed E-state index contributed by atoms with van der Waals surface area (Å²) in [7, 11) is -3.19. The maximum absolute atomic E-state index is 12.4. The van der Waals surface area contributed by atoms with Gasteiger partial charge in [-0.2, -0.15) is 0 Å². The van der Waals surface area contributed by atoms with Gasteiger partial charge in [-0.05, 0) is 25.0 Å². The summed E-state index contributed by atoms with van der Waals surface area (Å²) in [6, 6.07) is 6.34. The highest BCUT2D eigenvalue weighted by Gasteiger charge is 2.21. The van der Waals surface area contributed by atoms with Crippen LogP contribution in [-0.2, 0) is 9.84 Å². The third-order valence-electron chi connectivity index (χ3n) is 3.79. The molecule has 1 aromatic rings. The molecule has 1 fully saturated rings. The second-order valence-electron chi connectivity index (χ2n) is 5.35. The van der Waals surface area contributed by atoms with E-state index in [-0.39, 0.29) is 16.6 Å². The van der Waals surface area contributed by atoms with Crippen molar-refractivity contribution in [3.05, 3.63) is 29.8 Å². The van der Waals surface area contributed by atoms with Crippen molar-refractivity contribution in [2.24, 2.45) is 5.92 Å². The number of hydrogen-bond acceptors (Lipinski definition) is 3. The molecule has 1 aliphatic carbocycles. The summed E-state index contributed by atoms with van der Waals surface area (Å²) in [5, 5.41) is 0. The van der Waals surface area contributed by atoms with Gasteiger partial charge in [0, 0.05) is 17.7 Å². The van der Waals surface area contributed by atoms with Gasteiger partial charge in [-0.25, -0.2) is 8.42 Å². The SMILES string of the molecule is CS(=O)(=O)c1ccc(C(=O)C2CCCCCC2)cc1. The predicted octanol–water partition coefficient (Wildman–Crippen LogP) is 3.24. The zero-order valence-electron chi connectivity index (χ0n) is 11.3. The lowest BCUT2D eigenvalue weighted by atomic mass is 9.91. The monoisotopic (exact) mass is 280 g/mol. The van der Waals surface area contributed by atoms with Gasteiger partial charge in [-0.15, -0.1) is 0 Å². The molecule has 0 bridgehead atoms. The van der Waals surface area contributed by atoms with Gasteiger partial charge >= 0.3 is 0 Å². The molecule has 104 valence electrons. The summed E-state index contributed by atoms with van der Waals surface area (Å²) in [6.07, 6.45) is 7.79. The smallest absolute Gasteiger partial charge is 0.175 e.